The Morgan fingerprint density at radius 2 is 0.915 bits per heavy atom. The van der Waals surface area contributed by atoms with Crippen LogP contribution in [0.3, 0.4) is 0 Å². The van der Waals surface area contributed by atoms with E-state index in [1.165, 1.54) is 20.8 Å². The van der Waals surface area contributed by atoms with Crippen molar-refractivity contribution >= 4 is 22.8 Å². The van der Waals surface area contributed by atoms with Gasteiger partial charge in [0.1, 0.15) is 42.0 Å². The van der Waals surface area contributed by atoms with Gasteiger partial charge in [-0.15, -0.1) is 0 Å². The molecule has 0 aromatic heterocycles. The van der Waals surface area contributed by atoms with Gasteiger partial charge in [-0.1, -0.05) is 69.2 Å². The Kier molecular flexibility index (Phi) is 25.9. The summed E-state index contributed by atoms with van der Waals surface area (Å²) >= 11 is 0. The van der Waals surface area contributed by atoms with Gasteiger partial charge in [0.15, 0.2) is 0 Å². The molecule has 0 heterocycles. The number of likely N-dealkylation sites (N-methyl/N-ethyl adjacent to an activating group) is 1. The molecular formula is C31H75N2O11P3. The first-order valence-electron chi connectivity index (χ1n) is 15.5. The molecule has 0 aliphatic heterocycles. The second-order valence-corrected chi connectivity index (χ2v) is 24.8. The van der Waals surface area contributed by atoms with E-state index in [2.05, 4.69) is 46.4 Å². The highest BCUT2D eigenvalue weighted by Gasteiger charge is 2.29. The Balaban J connectivity index is -0.000000169. The van der Waals surface area contributed by atoms with Gasteiger partial charge in [-0.3, -0.25) is 0 Å². The Labute approximate surface area is 289 Å². The molecule has 16 heteroatoms. The van der Waals surface area contributed by atoms with Crippen LogP contribution >= 0.6 is 22.8 Å². The lowest BCUT2D eigenvalue weighted by Gasteiger charge is -2.38. The van der Waals surface area contributed by atoms with E-state index in [9.17, 15) is 28.4 Å². The average Bonchev–Trinajstić information content (AvgIpc) is 2.78. The zero-order valence-electron chi connectivity index (χ0n) is 33.6. The molecule has 4 unspecified atom stereocenters. The minimum atomic E-state index is -3.96. The predicted molar refractivity (Wildman–Crippen MR) is 190 cm³/mol. The van der Waals surface area contributed by atoms with Gasteiger partial charge >= 0.3 is 0 Å². The van der Waals surface area contributed by atoms with E-state index < -0.39 is 57.6 Å². The minimum absolute atomic E-state index is 0. The molecule has 0 amide bonds. The molecule has 290 valence electrons. The van der Waals surface area contributed by atoms with E-state index in [4.69, 9.17) is 19.3 Å². The van der Waals surface area contributed by atoms with Crippen molar-refractivity contribution in [3.05, 3.63) is 7.43 Å². The molecule has 13 nitrogen and oxygen atoms in total. The molecule has 4 atom stereocenters. The number of quaternary nitrogens is 2. The first kappa shape index (κ1) is 56.5. The van der Waals surface area contributed by atoms with Crippen LogP contribution in [-0.4, -0.2) is 122 Å². The first-order valence-corrected chi connectivity index (χ1v) is 20.1. The number of hydrogen-bond acceptors (Lipinski definition) is 11. The van der Waals surface area contributed by atoms with Crippen LogP contribution in [0.1, 0.15) is 96.4 Å². The molecule has 0 bridgehead atoms. The smallest absolute Gasteiger partial charge is 0.140 e. The highest BCUT2D eigenvalue weighted by atomic mass is 31.2. The molecule has 0 aliphatic rings. The Morgan fingerprint density at radius 3 is 1.13 bits per heavy atom. The second kappa shape index (κ2) is 21.5. The molecule has 2 N–H and O–H groups in total. The normalized spacial score (nSPS) is 17.4. The summed E-state index contributed by atoms with van der Waals surface area (Å²) in [6.45, 7) is 23.3. The first-order chi connectivity index (χ1) is 19.7. The van der Waals surface area contributed by atoms with Crippen molar-refractivity contribution in [2.24, 2.45) is 0 Å². The van der Waals surface area contributed by atoms with Crippen LogP contribution in [0.2, 0.25) is 0 Å². The largest absolute Gasteiger partial charge is 0.778 e. The molecule has 0 rings (SSSR count). The molecule has 0 radical (unpaired) electrons. The number of aliphatic hydroxyl groups is 2. The van der Waals surface area contributed by atoms with Gasteiger partial charge in [-0.05, 0) is 27.2 Å². The molecule has 0 saturated heterocycles. The van der Waals surface area contributed by atoms with Crippen LogP contribution in [0.5, 0.6) is 0 Å². The van der Waals surface area contributed by atoms with Gasteiger partial charge in [-0.2, -0.15) is 0 Å². The molecule has 0 fully saturated rings. The molecule has 0 saturated carbocycles. The van der Waals surface area contributed by atoms with E-state index in [0.29, 0.717) is 16.6 Å². The molecule has 0 aromatic carbocycles. The van der Waals surface area contributed by atoms with Crippen LogP contribution in [0.25, 0.3) is 0 Å². The van der Waals surface area contributed by atoms with Gasteiger partial charge in [0.2, 0.25) is 0 Å². The zero-order valence-corrected chi connectivity index (χ0v) is 36.3. The maximum atomic E-state index is 11.5. The fourth-order valence-corrected chi connectivity index (χ4v) is 3.74. The van der Waals surface area contributed by atoms with Gasteiger partial charge in [-0.25, -0.2) is 0 Å². The third-order valence-corrected chi connectivity index (χ3v) is 13.1. The van der Waals surface area contributed by atoms with Crippen LogP contribution in [0, 0.1) is 7.43 Å². The number of aliphatic hydroxyl groups excluding tert-OH is 2. The van der Waals surface area contributed by atoms with Gasteiger partial charge in [0.25, 0.3) is 0 Å². The predicted octanol–water partition coefficient (Wildman–Crippen LogP) is 4.48. The summed E-state index contributed by atoms with van der Waals surface area (Å²) in [6.07, 6.45) is -0.424. The second-order valence-electron chi connectivity index (χ2n) is 17.0. The van der Waals surface area contributed by atoms with Crippen LogP contribution < -0.4 is 14.7 Å². The molecule has 0 aliphatic carbocycles. The van der Waals surface area contributed by atoms with Crippen LogP contribution in [0.4, 0.5) is 0 Å². The molecule has 47 heavy (non-hydrogen) atoms. The highest BCUT2D eigenvalue weighted by Crippen LogP contribution is 2.52. The molecule has 0 aromatic rings. The summed E-state index contributed by atoms with van der Waals surface area (Å²) in [7, 11) is 1.28. The van der Waals surface area contributed by atoms with Crippen molar-refractivity contribution in [2.75, 3.05) is 75.3 Å². The fourth-order valence-electron chi connectivity index (χ4n) is 1.46. The van der Waals surface area contributed by atoms with E-state index in [-0.39, 0.29) is 20.6 Å². The van der Waals surface area contributed by atoms with Gasteiger partial charge < -0.3 is 61.1 Å². The van der Waals surface area contributed by atoms with Crippen LogP contribution in [0.15, 0.2) is 0 Å². The van der Waals surface area contributed by atoms with E-state index >= 15 is 0 Å². The van der Waals surface area contributed by atoms with Crippen LogP contribution in [-0.2, 0) is 27.3 Å². The SMILES string of the molecule is CC(C)(C)P(=O)([O-])OCC(O)CO.CC(C)(C)P(=O)([O-])OCC[N+](C)(C)C.CC(C)(C)[N+](C)(C)C.CCCOP(=O)([O-])C(C)(C)C.[CH3+]. The summed E-state index contributed by atoms with van der Waals surface area (Å²) in [5, 5.41) is 14.7. The average molecular weight is 745 g/mol. The van der Waals surface area contributed by atoms with Gasteiger partial charge in [0.05, 0.1) is 67.6 Å². The lowest BCUT2D eigenvalue weighted by Crippen LogP contribution is -2.50. The summed E-state index contributed by atoms with van der Waals surface area (Å²) in [4.78, 5) is 34.0. The van der Waals surface area contributed by atoms with E-state index in [0.717, 1.165) is 10.9 Å². The highest BCUT2D eigenvalue weighted by molar-refractivity contribution is 7.53. The topological polar surface area (TPSA) is 189 Å². The fraction of sp³-hybridized carbons (Fsp3) is 0.968. The third-order valence-electron chi connectivity index (χ3n) is 6.61. The van der Waals surface area contributed by atoms with Crippen molar-refractivity contribution in [2.45, 2.75) is 124 Å². The van der Waals surface area contributed by atoms with Gasteiger partial charge in [0, 0.05) is 22.9 Å². The number of nitrogens with zero attached hydrogens (tertiary/aromatic N) is 2. The van der Waals surface area contributed by atoms with Crippen molar-refractivity contribution in [1.29, 1.82) is 0 Å². The number of hydrogen-bond donors (Lipinski definition) is 2. The lowest BCUT2D eigenvalue weighted by atomic mass is 10.1. The van der Waals surface area contributed by atoms with E-state index in [1.807, 2.05) is 28.1 Å². The Bertz CT molecular complexity index is 956. The van der Waals surface area contributed by atoms with E-state index in [1.54, 1.807) is 41.5 Å². The Morgan fingerprint density at radius 1 is 0.638 bits per heavy atom. The van der Waals surface area contributed by atoms with Crippen molar-refractivity contribution in [3.63, 3.8) is 0 Å². The maximum Gasteiger partial charge on any atom is 0.140 e. The zero-order chi connectivity index (χ0) is 38.4. The molecule has 0 spiro atoms. The monoisotopic (exact) mass is 744 g/mol. The summed E-state index contributed by atoms with van der Waals surface area (Å²) in [5.41, 5.74) is 0.375. The minimum Gasteiger partial charge on any atom is -0.778 e. The third kappa shape index (κ3) is 27.6. The summed E-state index contributed by atoms with van der Waals surface area (Å²) in [6, 6.07) is 0. The lowest BCUT2D eigenvalue weighted by molar-refractivity contribution is -0.917. The Hall–Kier alpha value is 0.160. The van der Waals surface area contributed by atoms with Crippen molar-refractivity contribution < 1.29 is 61.1 Å². The standard InChI is InChI=1S/C9H22NO3P.C7H18N.C7H17O5P.C7H17O3P.CH3/c1-9(2,3)14(11,12)13-8-7-10(4,5)6;1-7(2,3)8(4,5)6;1-7(2,3)13(10,11)12-5-6(9)4-8;1-5-6-10-11(8,9)7(2,3)4;/h7-8H2,1-6H3;1-6H3;6,8-9H,4-5H2,1-3H3,(H,10,11);5-6H2,1-4H3,(H,8,9);1H3/q;+1;;;+1/p-2. The molecular weight excluding hydrogens is 669 g/mol. The quantitative estimate of drug-likeness (QED) is 0.173. The van der Waals surface area contributed by atoms with Crippen molar-refractivity contribution in [3.8, 4) is 0 Å². The summed E-state index contributed by atoms with van der Waals surface area (Å²) in [5.74, 6) is 0. The maximum absolute atomic E-state index is 11.5. The summed E-state index contributed by atoms with van der Waals surface area (Å²) < 4.78 is 50.0. The number of rotatable bonds is 11. The van der Waals surface area contributed by atoms with Crippen molar-refractivity contribution in [1.82, 2.24) is 0 Å².